The van der Waals surface area contributed by atoms with E-state index in [1.54, 1.807) is 12.3 Å². The summed E-state index contributed by atoms with van der Waals surface area (Å²) in [6, 6.07) is 9.37. The number of halogens is 1. The number of anilines is 1. The van der Waals surface area contributed by atoms with Crippen molar-refractivity contribution in [2.24, 2.45) is 0 Å². The molecule has 2 N–H and O–H groups in total. The van der Waals surface area contributed by atoms with E-state index in [4.69, 9.17) is 4.74 Å². The maximum Gasteiger partial charge on any atom is 0.254 e. The van der Waals surface area contributed by atoms with Gasteiger partial charge in [-0.25, -0.2) is 9.37 Å². The maximum atomic E-state index is 13.5. The Morgan fingerprint density at radius 1 is 1.15 bits per heavy atom. The van der Waals surface area contributed by atoms with E-state index >= 15 is 0 Å². The molecule has 2 heterocycles. The Morgan fingerprint density at radius 3 is 2.70 bits per heavy atom. The molecule has 1 aliphatic heterocycles. The van der Waals surface area contributed by atoms with Crippen LogP contribution < -0.4 is 15.5 Å². The van der Waals surface area contributed by atoms with E-state index in [2.05, 4.69) is 20.5 Å². The van der Waals surface area contributed by atoms with E-state index in [0.29, 0.717) is 19.8 Å². The SMILES string of the molecule is O=C(CNC(=O)c1ccccc1F)NCc1ccnc(N2CCOCC2)c1. The average molecular weight is 372 g/mol. The Kier molecular flexibility index (Phi) is 6.32. The molecule has 0 spiro atoms. The predicted octanol–water partition coefficient (Wildman–Crippen LogP) is 1.10. The molecule has 0 atom stereocenters. The van der Waals surface area contributed by atoms with Crippen molar-refractivity contribution >= 4 is 17.6 Å². The topological polar surface area (TPSA) is 83.6 Å². The van der Waals surface area contributed by atoms with Gasteiger partial charge in [0.25, 0.3) is 5.91 Å². The first kappa shape index (κ1) is 18.8. The van der Waals surface area contributed by atoms with E-state index in [-0.39, 0.29) is 18.0 Å². The number of pyridine rings is 1. The van der Waals surface area contributed by atoms with Gasteiger partial charge in [0, 0.05) is 25.8 Å². The second-order valence-electron chi connectivity index (χ2n) is 6.06. The molecule has 7 nitrogen and oxygen atoms in total. The average Bonchev–Trinajstić information content (AvgIpc) is 2.71. The Bertz CT molecular complexity index is 809. The minimum absolute atomic E-state index is 0.0883. The van der Waals surface area contributed by atoms with Crippen molar-refractivity contribution in [3.63, 3.8) is 0 Å². The molecule has 3 rings (SSSR count). The van der Waals surface area contributed by atoms with Gasteiger partial charge in [-0.3, -0.25) is 9.59 Å². The van der Waals surface area contributed by atoms with Gasteiger partial charge >= 0.3 is 0 Å². The summed E-state index contributed by atoms with van der Waals surface area (Å²) < 4.78 is 18.9. The van der Waals surface area contributed by atoms with Crippen molar-refractivity contribution < 1.29 is 18.7 Å². The highest BCUT2D eigenvalue weighted by atomic mass is 19.1. The molecule has 27 heavy (non-hydrogen) atoms. The Labute approximate surface area is 156 Å². The van der Waals surface area contributed by atoms with Gasteiger partial charge in [0.15, 0.2) is 0 Å². The highest BCUT2D eigenvalue weighted by Crippen LogP contribution is 2.14. The molecule has 2 amide bonds. The third-order valence-corrected chi connectivity index (χ3v) is 4.16. The first-order chi connectivity index (χ1) is 13.1. The van der Waals surface area contributed by atoms with Crippen molar-refractivity contribution in [3.8, 4) is 0 Å². The lowest BCUT2D eigenvalue weighted by Crippen LogP contribution is -2.37. The first-order valence-corrected chi connectivity index (χ1v) is 8.70. The standard InChI is InChI=1S/C19H21FN4O3/c20-16-4-2-1-3-15(16)19(26)23-13-18(25)22-12-14-5-6-21-17(11-14)24-7-9-27-10-8-24/h1-6,11H,7-10,12-13H2,(H,22,25)(H,23,26). The van der Waals surface area contributed by atoms with Crippen LogP contribution in [0.15, 0.2) is 42.6 Å². The van der Waals surface area contributed by atoms with Gasteiger partial charge in [0.2, 0.25) is 5.91 Å². The molecule has 1 fully saturated rings. The van der Waals surface area contributed by atoms with E-state index in [1.807, 2.05) is 12.1 Å². The summed E-state index contributed by atoms with van der Waals surface area (Å²) in [5.74, 6) is -0.757. The quantitative estimate of drug-likeness (QED) is 0.794. The Morgan fingerprint density at radius 2 is 1.93 bits per heavy atom. The highest BCUT2D eigenvalue weighted by molar-refractivity contribution is 5.96. The molecule has 1 aromatic heterocycles. The third kappa shape index (κ3) is 5.24. The summed E-state index contributed by atoms with van der Waals surface area (Å²) in [5.41, 5.74) is 0.815. The summed E-state index contributed by atoms with van der Waals surface area (Å²) in [5, 5.41) is 5.15. The highest BCUT2D eigenvalue weighted by Gasteiger charge is 2.14. The largest absolute Gasteiger partial charge is 0.378 e. The summed E-state index contributed by atoms with van der Waals surface area (Å²) in [6.45, 7) is 2.99. The van der Waals surface area contributed by atoms with E-state index in [0.717, 1.165) is 24.5 Å². The van der Waals surface area contributed by atoms with Crippen molar-refractivity contribution in [2.75, 3.05) is 37.7 Å². The smallest absolute Gasteiger partial charge is 0.254 e. The van der Waals surface area contributed by atoms with Crippen molar-refractivity contribution in [2.45, 2.75) is 6.54 Å². The first-order valence-electron chi connectivity index (χ1n) is 8.70. The summed E-state index contributed by atoms with van der Waals surface area (Å²) in [7, 11) is 0. The number of nitrogens with one attached hydrogen (secondary N) is 2. The van der Waals surface area contributed by atoms with Gasteiger partial charge in [-0.2, -0.15) is 0 Å². The van der Waals surface area contributed by atoms with Gasteiger partial charge in [-0.05, 0) is 29.8 Å². The monoisotopic (exact) mass is 372 g/mol. The van der Waals surface area contributed by atoms with Crippen LogP contribution in [-0.2, 0) is 16.1 Å². The number of carbonyl (C=O) groups is 2. The minimum atomic E-state index is -0.623. The number of rotatable bonds is 6. The molecule has 0 bridgehead atoms. The molecule has 8 heteroatoms. The van der Waals surface area contributed by atoms with Crippen molar-refractivity contribution in [3.05, 3.63) is 59.5 Å². The number of amides is 2. The Hall–Kier alpha value is -3.00. The van der Waals surface area contributed by atoms with Gasteiger partial charge in [-0.1, -0.05) is 12.1 Å². The van der Waals surface area contributed by atoms with Gasteiger partial charge < -0.3 is 20.3 Å². The molecule has 142 valence electrons. The van der Waals surface area contributed by atoms with Crippen molar-refractivity contribution in [1.29, 1.82) is 0 Å². The third-order valence-electron chi connectivity index (χ3n) is 4.16. The fraction of sp³-hybridized carbons (Fsp3) is 0.316. The van der Waals surface area contributed by atoms with Crippen LogP contribution >= 0.6 is 0 Å². The van der Waals surface area contributed by atoms with Crippen LogP contribution in [0.5, 0.6) is 0 Å². The Balaban J connectivity index is 1.48. The molecule has 2 aromatic rings. The number of hydrogen-bond donors (Lipinski definition) is 2. The number of aromatic nitrogens is 1. The lowest BCUT2D eigenvalue weighted by atomic mass is 10.2. The fourth-order valence-electron chi connectivity index (χ4n) is 2.70. The summed E-state index contributed by atoms with van der Waals surface area (Å²) >= 11 is 0. The fourth-order valence-corrected chi connectivity index (χ4v) is 2.70. The molecule has 1 aliphatic rings. The lowest BCUT2D eigenvalue weighted by molar-refractivity contribution is -0.120. The van der Waals surface area contributed by atoms with E-state index < -0.39 is 11.7 Å². The van der Waals surface area contributed by atoms with Crippen LogP contribution in [-0.4, -0.2) is 49.6 Å². The zero-order chi connectivity index (χ0) is 19.1. The molecule has 1 aromatic carbocycles. The molecular formula is C19H21FN4O3. The number of benzene rings is 1. The molecule has 0 saturated carbocycles. The van der Waals surface area contributed by atoms with Crippen LogP contribution in [0.1, 0.15) is 15.9 Å². The van der Waals surface area contributed by atoms with E-state index in [9.17, 15) is 14.0 Å². The molecule has 0 unspecified atom stereocenters. The number of ether oxygens (including phenoxy) is 1. The molecule has 0 aliphatic carbocycles. The van der Waals surface area contributed by atoms with Gasteiger partial charge in [0.05, 0.1) is 25.3 Å². The minimum Gasteiger partial charge on any atom is -0.378 e. The van der Waals surface area contributed by atoms with Gasteiger partial charge in [0.1, 0.15) is 11.6 Å². The zero-order valence-electron chi connectivity index (χ0n) is 14.8. The number of morpholine rings is 1. The summed E-state index contributed by atoms with van der Waals surface area (Å²) in [6.07, 6.45) is 1.70. The molecule has 0 radical (unpaired) electrons. The second kappa shape index (κ2) is 9.09. The normalized spacial score (nSPS) is 13.9. The number of nitrogens with zero attached hydrogens (tertiary/aromatic N) is 2. The number of hydrogen-bond acceptors (Lipinski definition) is 5. The second-order valence-corrected chi connectivity index (χ2v) is 6.06. The zero-order valence-corrected chi connectivity index (χ0v) is 14.8. The molecule has 1 saturated heterocycles. The lowest BCUT2D eigenvalue weighted by Gasteiger charge is -2.28. The van der Waals surface area contributed by atoms with Crippen LogP contribution in [0.4, 0.5) is 10.2 Å². The maximum absolute atomic E-state index is 13.5. The van der Waals surface area contributed by atoms with Gasteiger partial charge in [-0.15, -0.1) is 0 Å². The van der Waals surface area contributed by atoms with Crippen molar-refractivity contribution in [1.82, 2.24) is 15.6 Å². The number of carbonyl (C=O) groups excluding carboxylic acids is 2. The van der Waals surface area contributed by atoms with Crippen LogP contribution in [0.25, 0.3) is 0 Å². The predicted molar refractivity (Wildman–Crippen MR) is 97.8 cm³/mol. The van der Waals surface area contributed by atoms with Crippen LogP contribution in [0, 0.1) is 5.82 Å². The van der Waals surface area contributed by atoms with E-state index in [1.165, 1.54) is 18.2 Å². The summed E-state index contributed by atoms with van der Waals surface area (Å²) in [4.78, 5) is 30.4. The van der Waals surface area contributed by atoms with Crippen LogP contribution in [0.2, 0.25) is 0 Å². The molecular weight excluding hydrogens is 351 g/mol. The van der Waals surface area contributed by atoms with Crippen LogP contribution in [0.3, 0.4) is 0 Å².